The van der Waals surface area contributed by atoms with Crippen LogP contribution in [-0.2, 0) is 7.05 Å². The first-order valence-electron chi connectivity index (χ1n) is 6.12. The first-order valence-corrected chi connectivity index (χ1v) is 6.93. The van der Waals surface area contributed by atoms with E-state index in [1.165, 1.54) is 22.2 Å². The maximum absolute atomic E-state index is 12.2. The van der Waals surface area contributed by atoms with E-state index in [0.29, 0.717) is 16.5 Å². The second-order valence-corrected chi connectivity index (χ2v) is 5.41. The number of anilines is 2. The largest absolute Gasteiger partial charge is 0.497 e. The Morgan fingerprint density at radius 2 is 2.29 bits per heavy atom. The van der Waals surface area contributed by atoms with Crippen LogP contribution in [0.2, 0.25) is 0 Å². The number of carbonyl (C=O) groups is 1. The summed E-state index contributed by atoms with van der Waals surface area (Å²) in [5.41, 5.74) is 7.17. The van der Waals surface area contributed by atoms with Gasteiger partial charge in [0.05, 0.1) is 29.2 Å². The Bertz CT molecular complexity index is 804. The molecule has 0 saturated carbocycles. The molecule has 3 rings (SSSR count). The summed E-state index contributed by atoms with van der Waals surface area (Å²) in [6.45, 7) is 0. The lowest BCUT2D eigenvalue weighted by atomic mass is 10.3. The number of nitrogens with one attached hydrogen (secondary N) is 1. The van der Waals surface area contributed by atoms with Crippen molar-refractivity contribution < 1.29 is 9.53 Å². The predicted molar refractivity (Wildman–Crippen MR) is 81.7 cm³/mol. The monoisotopic (exact) mass is 303 g/mol. The minimum atomic E-state index is -0.335. The number of nitrogens with zero attached hydrogens (tertiary/aromatic N) is 3. The van der Waals surface area contributed by atoms with Crippen molar-refractivity contribution >= 4 is 38.3 Å². The molecule has 2 heterocycles. The molecule has 0 fully saturated rings. The van der Waals surface area contributed by atoms with Crippen molar-refractivity contribution in [2.45, 2.75) is 0 Å². The molecule has 0 aliphatic carbocycles. The summed E-state index contributed by atoms with van der Waals surface area (Å²) in [6, 6.07) is 5.55. The van der Waals surface area contributed by atoms with Gasteiger partial charge in [0.25, 0.3) is 5.91 Å². The van der Waals surface area contributed by atoms with E-state index in [1.54, 1.807) is 14.2 Å². The van der Waals surface area contributed by atoms with Gasteiger partial charge in [-0.15, -0.1) is 0 Å². The highest BCUT2D eigenvalue weighted by Gasteiger charge is 2.16. The van der Waals surface area contributed by atoms with E-state index in [2.05, 4.69) is 15.4 Å². The Balaban J connectivity index is 1.89. The van der Waals surface area contributed by atoms with Gasteiger partial charge in [-0.1, -0.05) is 11.3 Å². The topological polar surface area (TPSA) is 95.1 Å². The molecule has 7 nitrogen and oxygen atoms in total. The summed E-state index contributed by atoms with van der Waals surface area (Å²) in [7, 11) is 3.27. The van der Waals surface area contributed by atoms with Gasteiger partial charge in [0.2, 0.25) is 0 Å². The minimum absolute atomic E-state index is 0.312. The first kappa shape index (κ1) is 13.4. The molecule has 0 spiro atoms. The maximum atomic E-state index is 12.2. The highest BCUT2D eigenvalue weighted by atomic mass is 32.1. The lowest BCUT2D eigenvalue weighted by Gasteiger charge is -2.02. The molecule has 0 aliphatic heterocycles. The van der Waals surface area contributed by atoms with Crippen LogP contribution in [0.3, 0.4) is 0 Å². The zero-order valence-electron chi connectivity index (χ0n) is 11.5. The van der Waals surface area contributed by atoms with E-state index in [0.717, 1.165) is 16.0 Å². The molecule has 21 heavy (non-hydrogen) atoms. The Labute approximate surface area is 124 Å². The molecule has 3 aromatic rings. The Kier molecular flexibility index (Phi) is 3.22. The van der Waals surface area contributed by atoms with Crippen LogP contribution in [0.25, 0.3) is 10.2 Å². The van der Waals surface area contributed by atoms with Gasteiger partial charge in [-0.05, 0) is 18.2 Å². The number of nitrogens with two attached hydrogens (primary N) is 1. The van der Waals surface area contributed by atoms with Crippen LogP contribution in [0.1, 0.15) is 10.5 Å². The lowest BCUT2D eigenvalue weighted by molar-refractivity contribution is 0.101. The zero-order chi connectivity index (χ0) is 15.0. The molecule has 0 atom stereocenters. The van der Waals surface area contributed by atoms with Crippen molar-refractivity contribution in [3.8, 4) is 5.75 Å². The summed E-state index contributed by atoms with van der Waals surface area (Å²) in [4.78, 5) is 16.6. The molecule has 108 valence electrons. The van der Waals surface area contributed by atoms with Gasteiger partial charge >= 0.3 is 0 Å². The van der Waals surface area contributed by atoms with E-state index >= 15 is 0 Å². The molecule has 1 amide bonds. The van der Waals surface area contributed by atoms with Gasteiger partial charge in [0, 0.05) is 7.05 Å². The number of aromatic nitrogens is 3. The quantitative estimate of drug-likeness (QED) is 0.770. The normalized spacial score (nSPS) is 10.8. The van der Waals surface area contributed by atoms with Gasteiger partial charge in [-0.3, -0.25) is 14.8 Å². The molecule has 0 radical (unpaired) electrons. The van der Waals surface area contributed by atoms with Crippen molar-refractivity contribution in [3.63, 3.8) is 0 Å². The first-order chi connectivity index (χ1) is 10.1. The number of benzene rings is 1. The van der Waals surface area contributed by atoms with Crippen LogP contribution < -0.4 is 15.8 Å². The maximum Gasteiger partial charge on any atom is 0.277 e. The van der Waals surface area contributed by atoms with Crippen LogP contribution in [-0.4, -0.2) is 27.8 Å². The summed E-state index contributed by atoms with van der Waals surface area (Å²) in [6.07, 6.45) is 1.44. The molecular weight excluding hydrogens is 290 g/mol. The van der Waals surface area contributed by atoms with Crippen LogP contribution in [0.5, 0.6) is 5.75 Å². The Morgan fingerprint density at radius 3 is 2.95 bits per heavy atom. The summed E-state index contributed by atoms with van der Waals surface area (Å²) in [5, 5.41) is 7.18. The van der Waals surface area contributed by atoms with E-state index in [1.807, 2.05) is 18.2 Å². The van der Waals surface area contributed by atoms with Crippen molar-refractivity contribution in [1.29, 1.82) is 0 Å². The van der Waals surface area contributed by atoms with Gasteiger partial charge in [-0.25, -0.2) is 4.98 Å². The van der Waals surface area contributed by atoms with Gasteiger partial charge in [0.1, 0.15) is 11.4 Å². The summed E-state index contributed by atoms with van der Waals surface area (Å²) in [5.74, 6) is 0.415. The number of aryl methyl sites for hydroxylation is 1. The fourth-order valence-corrected chi connectivity index (χ4v) is 2.86. The number of rotatable bonds is 3. The molecule has 0 aliphatic rings. The van der Waals surface area contributed by atoms with Crippen molar-refractivity contribution in [2.75, 3.05) is 18.2 Å². The summed E-state index contributed by atoms with van der Waals surface area (Å²) < 4.78 is 7.53. The number of amides is 1. The number of hydrogen-bond acceptors (Lipinski definition) is 6. The molecule has 8 heteroatoms. The number of carbonyl (C=O) groups excluding carboxylic acids is 1. The average molecular weight is 303 g/mol. The van der Waals surface area contributed by atoms with E-state index < -0.39 is 0 Å². The fourth-order valence-electron chi connectivity index (χ4n) is 1.97. The molecule has 0 saturated heterocycles. The average Bonchev–Trinajstić information content (AvgIpc) is 3.00. The van der Waals surface area contributed by atoms with E-state index in [-0.39, 0.29) is 5.91 Å². The lowest BCUT2D eigenvalue weighted by Crippen LogP contribution is -2.17. The summed E-state index contributed by atoms with van der Waals surface area (Å²) >= 11 is 1.37. The fraction of sp³-hybridized carbons (Fsp3) is 0.154. The third-order valence-corrected chi connectivity index (χ3v) is 3.93. The van der Waals surface area contributed by atoms with Gasteiger partial charge < -0.3 is 10.5 Å². The van der Waals surface area contributed by atoms with Crippen LogP contribution in [0.15, 0.2) is 24.4 Å². The second kappa shape index (κ2) is 5.06. The Hall–Kier alpha value is -2.61. The highest BCUT2D eigenvalue weighted by molar-refractivity contribution is 7.22. The third-order valence-electron chi connectivity index (χ3n) is 3.00. The SMILES string of the molecule is COc1ccc2nc(NC(=O)c3c(N)cnn3C)sc2c1. The van der Waals surface area contributed by atoms with E-state index in [9.17, 15) is 4.79 Å². The predicted octanol–water partition coefficient (Wildman–Crippen LogP) is 1.87. The number of hydrogen-bond donors (Lipinski definition) is 2. The van der Waals surface area contributed by atoms with Crippen LogP contribution in [0.4, 0.5) is 10.8 Å². The minimum Gasteiger partial charge on any atom is -0.497 e. The molecule has 0 bridgehead atoms. The number of fused-ring (bicyclic) bond motifs is 1. The number of methoxy groups -OCH3 is 1. The van der Waals surface area contributed by atoms with Crippen molar-refractivity contribution in [2.24, 2.45) is 7.05 Å². The third kappa shape index (κ3) is 2.40. The number of thiazole rings is 1. The smallest absolute Gasteiger partial charge is 0.277 e. The van der Waals surface area contributed by atoms with E-state index in [4.69, 9.17) is 10.5 Å². The molecule has 2 aromatic heterocycles. The van der Waals surface area contributed by atoms with Crippen LogP contribution in [0, 0.1) is 0 Å². The van der Waals surface area contributed by atoms with Crippen molar-refractivity contribution in [1.82, 2.24) is 14.8 Å². The van der Waals surface area contributed by atoms with Gasteiger partial charge in [-0.2, -0.15) is 5.10 Å². The Morgan fingerprint density at radius 1 is 1.48 bits per heavy atom. The highest BCUT2D eigenvalue weighted by Crippen LogP contribution is 2.29. The van der Waals surface area contributed by atoms with Crippen molar-refractivity contribution in [3.05, 3.63) is 30.1 Å². The number of nitrogen functional groups attached to an aromatic ring is 1. The molecular formula is C13H13N5O2S. The molecule has 3 N–H and O–H groups in total. The number of ether oxygens (including phenoxy) is 1. The standard InChI is InChI=1S/C13H13N5O2S/c1-18-11(8(14)6-15-18)12(19)17-13-16-9-4-3-7(20-2)5-10(9)21-13/h3-6H,14H2,1-2H3,(H,16,17,19). The second-order valence-electron chi connectivity index (χ2n) is 4.38. The zero-order valence-corrected chi connectivity index (χ0v) is 12.3. The molecule has 0 unspecified atom stereocenters. The van der Waals surface area contributed by atoms with Gasteiger partial charge in [0.15, 0.2) is 5.13 Å². The molecule has 1 aromatic carbocycles. The van der Waals surface area contributed by atoms with Crippen LogP contribution >= 0.6 is 11.3 Å².